The summed E-state index contributed by atoms with van der Waals surface area (Å²) in [5.41, 5.74) is 1.33. The average Bonchev–Trinajstić information content (AvgIpc) is 2.14. The fourth-order valence-electron chi connectivity index (χ4n) is 1.04. The van der Waals surface area contributed by atoms with E-state index >= 15 is 0 Å². The molecule has 0 atom stereocenters. The molecule has 0 saturated heterocycles. The Morgan fingerprint density at radius 3 is 2.86 bits per heavy atom. The van der Waals surface area contributed by atoms with E-state index in [1.165, 1.54) is 6.07 Å². The van der Waals surface area contributed by atoms with Gasteiger partial charge >= 0.3 is 5.97 Å². The maximum Gasteiger partial charge on any atom is 0.341 e. The molecule has 0 heterocycles. The van der Waals surface area contributed by atoms with Crippen LogP contribution in [0.5, 0.6) is 5.75 Å². The zero-order valence-electron chi connectivity index (χ0n) is 7.65. The molecule has 1 N–H and O–H groups in total. The van der Waals surface area contributed by atoms with Gasteiger partial charge in [-0.3, -0.25) is 0 Å². The van der Waals surface area contributed by atoms with Crippen molar-refractivity contribution < 1.29 is 14.6 Å². The maximum atomic E-state index is 10.2. The van der Waals surface area contributed by atoms with Crippen LogP contribution >= 0.6 is 0 Å². The van der Waals surface area contributed by atoms with E-state index in [9.17, 15) is 4.79 Å². The van der Waals surface area contributed by atoms with Gasteiger partial charge in [0.25, 0.3) is 0 Å². The largest absolute Gasteiger partial charge is 0.482 e. The molecule has 1 aromatic rings. The number of nitriles is 1. The standard InChI is InChI=1S/C10H9NO3/c1-7-2-8(5-11)4-9(3-7)14-6-10(12)13/h2-4H,6H2,1H3,(H,12,13). The third kappa shape index (κ3) is 2.79. The van der Waals surface area contributed by atoms with Gasteiger partial charge in [-0.15, -0.1) is 0 Å². The number of aliphatic carboxylic acids is 1. The number of rotatable bonds is 3. The van der Waals surface area contributed by atoms with E-state index in [2.05, 4.69) is 0 Å². The Kier molecular flexibility index (Phi) is 3.08. The minimum atomic E-state index is -1.04. The molecule has 0 aliphatic carbocycles. The van der Waals surface area contributed by atoms with Gasteiger partial charge in [-0.25, -0.2) is 4.79 Å². The minimum absolute atomic E-state index is 0.395. The molecule has 0 fully saturated rings. The predicted molar refractivity (Wildman–Crippen MR) is 49.0 cm³/mol. The Bertz CT molecular complexity index is 393. The number of carboxylic acid groups (broad SMARTS) is 1. The highest BCUT2D eigenvalue weighted by Gasteiger charge is 2.01. The number of hydrogen-bond donors (Lipinski definition) is 1. The lowest BCUT2D eigenvalue weighted by Gasteiger charge is -2.04. The maximum absolute atomic E-state index is 10.2. The fourth-order valence-corrected chi connectivity index (χ4v) is 1.04. The van der Waals surface area contributed by atoms with Crippen molar-refractivity contribution in [3.05, 3.63) is 29.3 Å². The molecule has 0 amide bonds. The molecule has 14 heavy (non-hydrogen) atoms. The summed E-state index contributed by atoms with van der Waals surface area (Å²) in [4.78, 5) is 10.2. The summed E-state index contributed by atoms with van der Waals surface area (Å²) in [5.74, 6) is -0.631. The van der Waals surface area contributed by atoms with Gasteiger partial charge in [-0.05, 0) is 30.7 Å². The van der Waals surface area contributed by atoms with Gasteiger partial charge in [-0.2, -0.15) is 5.26 Å². The molecule has 4 nitrogen and oxygen atoms in total. The van der Waals surface area contributed by atoms with Crippen LogP contribution in [0.1, 0.15) is 11.1 Å². The first-order valence-electron chi connectivity index (χ1n) is 3.98. The SMILES string of the molecule is Cc1cc(C#N)cc(OCC(=O)O)c1. The van der Waals surface area contributed by atoms with Crippen LogP contribution in [0.15, 0.2) is 18.2 Å². The lowest BCUT2D eigenvalue weighted by molar-refractivity contribution is -0.139. The Morgan fingerprint density at radius 1 is 1.57 bits per heavy atom. The number of nitrogens with zero attached hydrogens (tertiary/aromatic N) is 1. The van der Waals surface area contributed by atoms with E-state index in [4.69, 9.17) is 15.1 Å². The number of carbonyl (C=O) groups is 1. The summed E-state index contributed by atoms with van der Waals surface area (Å²) in [6.45, 7) is 1.42. The van der Waals surface area contributed by atoms with Gasteiger partial charge in [0.2, 0.25) is 0 Å². The van der Waals surface area contributed by atoms with Gasteiger partial charge < -0.3 is 9.84 Å². The first kappa shape index (κ1) is 10.1. The predicted octanol–water partition coefficient (Wildman–Crippen LogP) is 1.33. The fraction of sp³-hybridized carbons (Fsp3) is 0.200. The van der Waals surface area contributed by atoms with Crippen molar-refractivity contribution in [3.63, 3.8) is 0 Å². The second-order valence-electron chi connectivity index (χ2n) is 2.83. The number of ether oxygens (including phenoxy) is 1. The zero-order valence-corrected chi connectivity index (χ0v) is 7.65. The first-order valence-corrected chi connectivity index (χ1v) is 3.98. The lowest BCUT2D eigenvalue weighted by Crippen LogP contribution is -2.09. The molecule has 0 aliphatic rings. The van der Waals surface area contributed by atoms with Crippen molar-refractivity contribution in [3.8, 4) is 11.8 Å². The third-order valence-corrected chi connectivity index (χ3v) is 1.54. The number of benzene rings is 1. The summed E-state index contributed by atoms with van der Waals surface area (Å²) >= 11 is 0. The number of aryl methyl sites for hydroxylation is 1. The summed E-state index contributed by atoms with van der Waals surface area (Å²) in [6.07, 6.45) is 0. The molecule has 0 unspecified atom stereocenters. The first-order chi connectivity index (χ1) is 6.61. The van der Waals surface area contributed by atoms with Crippen LogP contribution < -0.4 is 4.74 Å². The van der Waals surface area contributed by atoms with E-state index in [-0.39, 0.29) is 0 Å². The van der Waals surface area contributed by atoms with Crippen molar-refractivity contribution in [1.82, 2.24) is 0 Å². The molecule has 0 spiro atoms. The van der Waals surface area contributed by atoms with Crippen molar-refractivity contribution in [1.29, 1.82) is 5.26 Å². The van der Waals surface area contributed by atoms with Crippen molar-refractivity contribution in [2.75, 3.05) is 6.61 Å². The third-order valence-electron chi connectivity index (χ3n) is 1.54. The number of carboxylic acids is 1. The van der Waals surface area contributed by atoms with Crippen LogP contribution in [0.4, 0.5) is 0 Å². The van der Waals surface area contributed by atoms with Gasteiger partial charge in [-0.1, -0.05) is 0 Å². The summed E-state index contributed by atoms with van der Waals surface area (Å²) in [5, 5.41) is 17.0. The van der Waals surface area contributed by atoms with Crippen LogP contribution in [0, 0.1) is 18.3 Å². The quantitative estimate of drug-likeness (QED) is 0.782. The second kappa shape index (κ2) is 4.28. The Morgan fingerprint density at radius 2 is 2.29 bits per heavy atom. The van der Waals surface area contributed by atoms with E-state index < -0.39 is 12.6 Å². The smallest absolute Gasteiger partial charge is 0.341 e. The van der Waals surface area contributed by atoms with Crippen LogP contribution in [-0.2, 0) is 4.79 Å². The second-order valence-corrected chi connectivity index (χ2v) is 2.83. The van der Waals surface area contributed by atoms with Crippen LogP contribution in [0.3, 0.4) is 0 Å². The molecule has 0 radical (unpaired) electrons. The average molecular weight is 191 g/mol. The number of hydrogen-bond acceptors (Lipinski definition) is 3. The van der Waals surface area contributed by atoms with Crippen LogP contribution in [0.2, 0.25) is 0 Å². The van der Waals surface area contributed by atoms with Gasteiger partial charge in [0, 0.05) is 0 Å². The van der Waals surface area contributed by atoms with E-state index in [0.29, 0.717) is 11.3 Å². The van der Waals surface area contributed by atoms with Crippen molar-refractivity contribution in [2.24, 2.45) is 0 Å². The molecule has 1 rings (SSSR count). The Labute approximate surface area is 81.4 Å². The molecule has 1 aromatic carbocycles. The Hall–Kier alpha value is -2.02. The molecule has 0 bridgehead atoms. The molecule has 0 saturated carbocycles. The highest BCUT2D eigenvalue weighted by Crippen LogP contribution is 2.15. The van der Waals surface area contributed by atoms with E-state index in [0.717, 1.165) is 5.56 Å². The molecule has 72 valence electrons. The monoisotopic (exact) mass is 191 g/mol. The minimum Gasteiger partial charge on any atom is -0.482 e. The zero-order chi connectivity index (χ0) is 10.6. The molecular formula is C10H9NO3. The Balaban J connectivity index is 2.82. The van der Waals surface area contributed by atoms with Crippen LogP contribution in [0.25, 0.3) is 0 Å². The summed E-state index contributed by atoms with van der Waals surface area (Å²) in [7, 11) is 0. The van der Waals surface area contributed by atoms with Crippen molar-refractivity contribution in [2.45, 2.75) is 6.92 Å². The molecule has 0 aliphatic heterocycles. The van der Waals surface area contributed by atoms with Gasteiger partial charge in [0.05, 0.1) is 11.6 Å². The van der Waals surface area contributed by atoms with Gasteiger partial charge in [0.15, 0.2) is 6.61 Å². The van der Waals surface area contributed by atoms with Crippen molar-refractivity contribution >= 4 is 5.97 Å². The summed E-state index contributed by atoms with van der Waals surface area (Å²) < 4.78 is 4.94. The van der Waals surface area contributed by atoms with E-state index in [1.54, 1.807) is 12.1 Å². The normalized spacial score (nSPS) is 9.14. The molecule has 0 aromatic heterocycles. The van der Waals surface area contributed by atoms with E-state index in [1.807, 2.05) is 13.0 Å². The lowest BCUT2D eigenvalue weighted by atomic mass is 10.1. The highest BCUT2D eigenvalue weighted by molar-refractivity contribution is 5.68. The topological polar surface area (TPSA) is 70.3 Å². The summed E-state index contributed by atoms with van der Waals surface area (Å²) in [6, 6.07) is 6.86. The highest BCUT2D eigenvalue weighted by atomic mass is 16.5. The van der Waals surface area contributed by atoms with Crippen LogP contribution in [-0.4, -0.2) is 17.7 Å². The molecular weight excluding hydrogens is 182 g/mol. The molecule has 4 heteroatoms. The van der Waals surface area contributed by atoms with Gasteiger partial charge in [0.1, 0.15) is 5.75 Å².